The van der Waals surface area contributed by atoms with Crippen LogP contribution in [0.1, 0.15) is 37.9 Å². The van der Waals surface area contributed by atoms with E-state index >= 15 is 0 Å². The number of hydrogen-bond acceptors (Lipinski definition) is 6. The first-order valence-corrected chi connectivity index (χ1v) is 11.8. The predicted molar refractivity (Wildman–Crippen MR) is 133 cm³/mol. The highest BCUT2D eigenvalue weighted by Gasteiger charge is 2.60. The number of benzene rings is 2. The first-order chi connectivity index (χ1) is 17.1. The van der Waals surface area contributed by atoms with E-state index in [2.05, 4.69) is 0 Å². The van der Waals surface area contributed by atoms with Crippen LogP contribution in [0.25, 0.3) is 6.08 Å². The molecule has 0 aliphatic carbocycles. The maximum atomic E-state index is 13.7. The van der Waals surface area contributed by atoms with E-state index in [-0.39, 0.29) is 6.61 Å². The molecular weight excluding hydrogens is 460 g/mol. The van der Waals surface area contributed by atoms with Gasteiger partial charge in [0.1, 0.15) is 12.6 Å². The van der Waals surface area contributed by atoms with Crippen molar-refractivity contribution in [2.24, 2.45) is 5.41 Å². The van der Waals surface area contributed by atoms with Crippen LogP contribution in [-0.4, -0.2) is 65.4 Å². The Morgan fingerprint density at radius 2 is 1.64 bits per heavy atom. The van der Waals surface area contributed by atoms with Crippen LogP contribution in [0.15, 0.2) is 66.7 Å². The lowest BCUT2D eigenvalue weighted by atomic mass is 9.81. The Hall–Kier alpha value is -3.94. The van der Waals surface area contributed by atoms with Gasteiger partial charge >= 0.3 is 12.1 Å². The van der Waals surface area contributed by atoms with Crippen molar-refractivity contribution in [2.45, 2.75) is 44.9 Å². The number of rotatable bonds is 7. The van der Waals surface area contributed by atoms with Crippen molar-refractivity contribution >= 4 is 29.8 Å². The number of nitrogens with zero attached hydrogens (tertiary/aromatic N) is 2. The van der Waals surface area contributed by atoms with Gasteiger partial charge in [0.15, 0.2) is 11.8 Å². The second-order valence-electron chi connectivity index (χ2n) is 9.90. The van der Waals surface area contributed by atoms with E-state index in [1.807, 2.05) is 66.7 Å². The number of carbonyl (C=O) groups is 4. The molecule has 2 heterocycles. The molecule has 188 valence electrons. The van der Waals surface area contributed by atoms with E-state index in [1.165, 1.54) is 16.9 Å². The first kappa shape index (κ1) is 25.2. The quantitative estimate of drug-likeness (QED) is 0.334. The minimum absolute atomic E-state index is 0.100. The molecular formula is C28H30N2O6. The van der Waals surface area contributed by atoms with Crippen LogP contribution in [0.5, 0.6) is 0 Å². The fraction of sp³-hybridized carbons (Fsp3) is 0.357. The molecule has 2 fully saturated rings. The molecule has 0 aromatic heterocycles. The van der Waals surface area contributed by atoms with E-state index in [4.69, 9.17) is 9.47 Å². The molecule has 0 spiro atoms. The van der Waals surface area contributed by atoms with Crippen LogP contribution in [0.2, 0.25) is 0 Å². The second kappa shape index (κ2) is 9.97. The van der Waals surface area contributed by atoms with Crippen molar-refractivity contribution in [3.8, 4) is 0 Å². The van der Waals surface area contributed by atoms with Gasteiger partial charge in [-0.05, 0) is 11.1 Å². The van der Waals surface area contributed by atoms with Crippen LogP contribution in [0.4, 0.5) is 4.79 Å². The van der Waals surface area contributed by atoms with Crippen LogP contribution in [0, 0.1) is 5.41 Å². The number of cyclic esters (lactones) is 1. The van der Waals surface area contributed by atoms with Gasteiger partial charge in [0.05, 0.1) is 19.2 Å². The van der Waals surface area contributed by atoms with Crippen molar-refractivity contribution in [3.63, 3.8) is 0 Å². The third-order valence-electron chi connectivity index (χ3n) is 6.52. The summed E-state index contributed by atoms with van der Waals surface area (Å²) in [6.45, 7) is 5.16. The van der Waals surface area contributed by atoms with E-state index in [1.54, 1.807) is 26.8 Å². The van der Waals surface area contributed by atoms with Crippen molar-refractivity contribution in [1.82, 2.24) is 9.80 Å². The highest BCUT2D eigenvalue weighted by molar-refractivity contribution is 6.10. The summed E-state index contributed by atoms with van der Waals surface area (Å²) in [5.74, 6) is -1.77. The zero-order chi connectivity index (χ0) is 26.0. The molecule has 2 aromatic carbocycles. The zero-order valence-electron chi connectivity index (χ0n) is 20.8. The van der Waals surface area contributed by atoms with Crippen molar-refractivity contribution in [1.29, 1.82) is 0 Å². The van der Waals surface area contributed by atoms with E-state index in [0.29, 0.717) is 0 Å². The molecule has 2 aliphatic heterocycles. The third-order valence-corrected chi connectivity index (χ3v) is 6.52. The van der Waals surface area contributed by atoms with E-state index in [9.17, 15) is 19.2 Å². The van der Waals surface area contributed by atoms with Gasteiger partial charge in [-0.25, -0.2) is 9.59 Å². The Balaban J connectivity index is 1.75. The van der Waals surface area contributed by atoms with Gasteiger partial charge in [0.2, 0.25) is 5.91 Å². The molecule has 0 saturated carbocycles. The lowest BCUT2D eigenvalue weighted by Gasteiger charge is -2.52. The van der Waals surface area contributed by atoms with Crippen molar-refractivity contribution in [3.05, 3.63) is 77.9 Å². The summed E-state index contributed by atoms with van der Waals surface area (Å²) in [5, 5.41) is 0. The Bertz CT molecular complexity index is 1170. The number of likely N-dealkylation sites (tertiary alicyclic amines) is 1. The molecule has 8 nitrogen and oxygen atoms in total. The fourth-order valence-corrected chi connectivity index (χ4v) is 4.61. The maximum absolute atomic E-state index is 13.7. The van der Waals surface area contributed by atoms with Crippen molar-refractivity contribution in [2.75, 3.05) is 13.7 Å². The highest BCUT2D eigenvalue weighted by Crippen LogP contribution is 2.39. The summed E-state index contributed by atoms with van der Waals surface area (Å²) in [6.07, 6.45) is 2.95. The molecule has 3 unspecified atom stereocenters. The summed E-state index contributed by atoms with van der Waals surface area (Å²) in [7, 11) is 1.19. The Labute approximate surface area is 210 Å². The molecule has 36 heavy (non-hydrogen) atoms. The van der Waals surface area contributed by atoms with Crippen molar-refractivity contribution < 1.29 is 28.7 Å². The van der Waals surface area contributed by atoms with Gasteiger partial charge in [-0.2, -0.15) is 0 Å². The fourth-order valence-electron chi connectivity index (χ4n) is 4.61. The predicted octanol–water partition coefficient (Wildman–Crippen LogP) is 3.63. The van der Waals surface area contributed by atoms with E-state index in [0.717, 1.165) is 11.1 Å². The molecule has 2 saturated heterocycles. The molecule has 0 N–H and O–H groups in total. The molecule has 4 atom stereocenters. The molecule has 4 rings (SSSR count). The minimum atomic E-state index is -1.43. The van der Waals surface area contributed by atoms with Crippen LogP contribution < -0.4 is 0 Å². The maximum Gasteiger partial charge on any atom is 0.411 e. The van der Waals surface area contributed by atoms with Gasteiger partial charge in [-0.15, -0.1) is 0 Å². The lowest BCUT2D eigenvalue weighted by Crippen LogP contribution is -2.75. The lowest BCUT2D eigenvalue weighted by molar-refractivity contribution is -0.173. The van der Waals surface area contributed by atoms with Crippen LogP contribution in [0.3, 0.4) is 0 Å². The molecule has 2 aliphatic rings. The summed E-state index contributed by atoms with van der Waals surface area (Å²) >= 11 is 0. The standard InChI is InChI=1S/C28H30N2O6/c1-28(2,3)24(31)23(26(33)35-4)29-20(16-15-18-11-7-5-8-12-18)22(25(29)32)30-21(17-36-27(30)34)19-13-9-6-10-14-19/h5-16,20-23H,17H2,1-4H3/t20?,21-,22?,23?/m1/s1. The molecule has 2 amide bonds. The van der Waals surface area contributed by atoms with Gasteiger partial charge < -0.3 is 14.4 Å². The van der Waals surface area contributed by atoms with Gasteiger partial charge in [0, 0.05) is 5.41 Å². The van der Waals surface area contributed by atoms with Gasteiger partial charge in [-0.1, -0.05) is 93.6 Å². The third kappa shape index (κ3) is 4.63. The average molecular weight is 491 g/mol. The molecule has 0 bridgehead atoms. The van der Waals surface area contributed by atoms with Gasteiger partial charge in [-0.3, -0.25) is 14.5 Å². The van der Waals surface area contributed by atoms with Crippen LogP contribution in [-0.2, 0) is 23.9 Å². The number of hydrogen-bond donors (Lipinski definition) is 0. The largest absolute Gasteiger partial charge is 0.467 e. The number of ether oxygens (including phenoxy) is 2. The number of amides is 2. The van der Waals surface area contributed by atoms with Gasteiger partial charge in [0.25, 0.3) is 0 Å². The number of ketones is 1. The minimum Gasteiger partial charge on any atom is -0.467 e. The number of Topliss-reactive ketones (excluding diaryl/α,β-unsaturated/α-hetero) is 1. The van der Waals surface area contributed by atoms with Crippen LogP contribution >= 0.6 is 0 Å². The summed E-state index contributed by atoms with van der Waals surface area (Å²) in [6, 6.07) is 15.2. The number of methoxy groups -OCH3 is 1. The topological polar surface area (TPSA) is 93.2 Å². The highest BCUT2D eigenvalue weighted by atomic mass is 16.6. The van der Waals surface area contributed by atoms with E-state index < -0.39 is 53.3 Å². The number of carbonyl (C=O) groups excluding carboxylic acids is 4. The first-order valence-electron chi connectivity index (χ1n) is 11.8. The Morgan fingerprint density at radius 1 is 1.03 bits per heavy atom. The smallest absolute Gasteiger partial charge is 0.411 e. The summed E-state index contributed by atoms with van der Waals surface area (Å²) < 4.78 is 10.3. The summed E-state index contributed by atoms with van der Waals surface area (Å²) in [4.78, 5) is 55.3. The molecule has 0 radical (unpaired) electrons. The number of β-lactam (4-membered cyclic amide) rings is 1. The molecule has 8 heteroatoms. The summed E-state index contributed by atoms with van der Waals surface area (Å²) in [5.41, 5.74) is 0.795. The number of esters is 1. The second-order valence-corrected chi connectivity index (χ2v) is 9.90. The average Bonchev–Trinajstić information content (AvgIpc) is 3.24. The Kier molecular flexibility index (Phi) is 6.97. The monoisotopic (exact) mass is 490 g/mol. The normalized spacial score (nSPS) is 22.8. The Morgan fingerprint density at radius 3 is 2.22 bits per heavy atom. The molecule has 2 aromatic rings. The zero-order valence-corrected chi connectivity index (χ0v) is 20.8. The SMILES string of the molecule is COC(=O)C(C(=O)C(C)(C)C)N1C(=O)C(N2C(=O)OC[C@@H]2c2ccccc2)C1C=Cc1ccccc1.